The maximum atomic E-state index is 13.4. The van der Waals surface area contributed by atoms with Gasteiger partial charge in [0.05, 0.1) is 95.2 Å². The molecule has 0 aromatic heterocycles. The van der Waals surface area contributed by atoms with Crippen LogP contribution in [-0.4, -0.2) is 124 Å². The third-order valence-corrected chi connectivity index (χ3v) is 22.3. The first kappa shape index (κ1) is 80.8. The van der Waals surface area contributed by atoms with Crippen LogP contribution in [0.2, 0.25) is 0 Å². The van der Waals surface area contributed by atoms with Crippen LogP contribution in [0.5, 0.6) is 17.2 Å². The van der Waals surface area contributed by atoms with Gasteiger partial charge in [0.25, 0.3) is 72.1 Å². The molecule has 10 rings (SSSR count). The van der Waals surface area contributed by atoms with E-state index >= 15 is 0 Å². The van der Waals surface area contributed by atoms with Gasteiger partial charge in [-0.1, -0.05) is 20.2 Å². The van der Waals surface area contributed by atoms with Gasteiger partial charge in [0, 0.05) is 77.6 Å². The molecule has 0 fully saturated rings. The molecule has 10 aromatic rings. The standard InChI is InChI=1S/C50H31N11O37S10/c51-42-32(56-54-30-3-2-22-28(50(30)108(88,89)90)15-40(106(82,83)84)45(47(22)63)59-53-18-5-23-26(37(8-18)103(73,74)75)10-19(60(65)66)11-34(23)100-96-92-70)16-39(105(79,80)81)29-14-36(102-98-94-72)44(48(64)41(29)42)58-55-31-4-1-21-27(49(31)107(85,86)87)13-35(101-97-93-71)43(46(21)62)57-52-17-6-25-24(33(7-17)99-95-91-69)9-20(61(67)68)12-38(25)104(76,77)78/h1-16,62-64,69-72H,51H2,(H,73,74,75)(H,76,77,78)(H,79,80,81)(H,82,83,84)(H,85,86,87)(H,88,89,90). The number of azo groups is 4. The molecule has 0 unspecified atom stereocenters. The lowest BCUT2D eigenvalue weighted by Gasteiger charge is -2.15. The zero-order valence-electron chi connectivity index (χ0n) is 51.0. The number of aromatic hydroxyl groups is 3. The highest BCUT2D eigenvalue weighted by Crippen LogP contribution is 2.53. The molecule has 0 saturated carbocycles. The van der Waals surface area contributed by atoms with Gasteiger partial charge in [-0.05, 0) is 72.8 Å². The second-order valence-corrected chi connectivity index (χ2v) is 31.7. The van der Waals surface area contributed by atoms with Crippen LogP contribution in [0.3, 0.4) is 0 Å². The van der Waals surface area contributed by atoms with Crippen molar-refractivity contribution >= 4 is 225 Å². The van der Waals surface area contributed by atoms with Crippen molar-refractivity contribution in [3.63, 3.8) is 0 Å². The molecule has 48 nitrogen and oxygen atoms in total. The van der Waals surface area contributed by atoms with Gasteiger partial charge in [0.2, 0.25) is 0 Å². The van der Waals surface area contributed by atoms with Crippen molar-refractivity contribution in [3.05, 3.63) is 117 Å². The number of nitrogens with zero attached hydrogens (tertiary/aromatic N) is 10. The molecule has 0 radical (unpaired) electrons. The number of non-ortho nitro benzene ring substituents is 2. The summed E-state index contributed by atoms with van der Waals surface area (Å²) >= 11 is 0.00896. The summed E-state index contributed by atoms with van der Waals surface area (Å²) in [4.78, 5) is 11.7. The fraction of sp³-hybridized carbons (Fsp3) is 0. The molecule has 0 aliphatic carbocycles. The monoisotopic (exact) mass is 1700 g/mol. The van der Waals surface area contributed by atoms with E-state index in [4.69, 9.17) is 26.8 Å². The summed E-state index contributed by atoms with van der Waals surface area (Å²) in [5.41, 5.74) is -3.28. The van der Waals surface area contributed by atoms with E-state index in [2.05, 4.69) is 78.4 Å². The van der Waals surface area contributed by atoms with Crippen LogP contribution in [0.15, 0.2) is 187 Å². The number of phenolic OH excluding ortho intramolecular Hbond substituents is 3. The Hall–Kier alpha value is -9.72. The van der Waals surface area contributed by atoms with Crippen molar-refractivity contribution in [1.82, 2.24) is 0 Å². The largest absolute Gasteiger partial charge is 0.505 e. The number of phenols is 3. The number of hydrogen-bond donors (Lipinski definition) is 14. The number of anilines is 1. The minimum atomic E-state index is -5.83. The quantitative estimate of drug-likeness (QED) is 0.00412. The predicted molar refractivity (Wildman–Crippen MR) is 361 cm³/mol. The molecule has 108 heavy (non-hydrogen) atoms. The summed E-state index contributed by atoms with van der Waals surface area (Å²) in [6.45, 7) is 0. The van der Waals surface area contributed by atoms with Crippen molar-refractivity contribution in [2.45, 2.75) is 49.0 Å². The van der Waals surface area contributed by atoms with E-state index in [1.165, 1.54) is 0 Å². The van der Waals surface area contributed by atoms with Crippen LogP contribution < -0.4 is 5.73 Å². The molecule has 568 valence electrons. The van der Waals surface area contributed by atoms with Crippen molar-refractivity contribution in [1.29, 1.82) is 0 Å². The van der Waals surface area contributed by atoms with E-state index in [0.29, 0.717) is 36.4 Å². The summed E-state index contributed by atoms with van der Waals surface area (Å²) in [7, 11) is -33.6. The first-order chi connectivity index (χ1) is 50.5. The molecule has 0 saturated heterocycles. The van der Waals surface area contributed by atoms with Gasteiger partial charge in [0.15, 0.2) is 17.2 Å². The molecule has 0 atom stereocenters. The number of nitrogen functional groups attached to an aromatic ring is 1. The van der Waals surface area contributed by atoms with E-state index < -0.39 is 238 Å². The number of nitro groups is 2. The van der Waals surface area contributed by atoms with E-state index in [1.54, 1.807) is 0 Å². The molecular weight excluding hydrogens is 1670 g/mol. The Morgan fingerprint density at radius 2 is 0.713 bits per heavy atom. The van der Waals surface area contributed by atoms with Crippen LogP contribution in [-0.2, 0) is 98.2 Å². The Morgan fingerprint density at radius 3 is 1.21 bits per heavy atom. The first-order valence-corrected chi connectivity index (χ1v) is 38.5. The minimum Gasteiger partial charge on any atom is -0.505 e. The van der Waals surface area contributed by atoms with Crippen LogP contribution in [0.1, 0.15) is 0 Å². The predicted octanol–water partition coefficient (Wildman–Crippen LogP) is 12.8. The van der Waals surface area contributed by atoms with E-state index in [-0.39, 0.29) is 69.9 Å². The Morgan fingerprint density at radius 1 is 0.343 bits per heavy atom. The molecule has 0 aliphatic heterocycles. The molecule has 0 heterocycles. The molecule has 0 aliphatic rings. The highest BCUT2D eigenvalue weighted by atomic mass is 32.2. The number of benzene rings is 10. The van der Waals surface area contributed by atoms with Crippen molar-refractivity contribution in [2.75, 3.05) is 5.73 Å². The van der Waals surface area contributed by atoms with Crippen molar-refractivity contribution in [3.8, 4) is 17.2 Å². The summed E-state index contributed by atoms with van der Waals surface area (Å²) in [5.74, 6) is -3.83. The Bertz CT molecular complexity index is 6400. The number of fused-ring (bicyclic) bond motifs is 5. The third-order valence-electron chi connectivity index (χ3n) is 14.3. The third kappa shape index (κ3) is 16.8. The Labute approximate surface area is 613 Å². The fourth-order valence-electron chi connectivity index (χ4n) is 10.1. The zero-order valence-corrected chi connectivity index (χ0v) is 59.1. The number of rotatable bonds is 28. The highest BCUT2D eigenvalue weighted by molar-refractivity contribution is 7.95. The van der Waals surface area contributed by atoms with E-state index in [0.717, 1.165) is 54.6 Å². The van der Waals surface area contributed by atoms with Crippen molar-refractivity contribution < 1.29 is 162 Å². The zero-order chi connectivity index (χ0) is 79.2. The van der Waals surface area contributed by atoms with Gasteiger partial charge < -0.3 is 21.1 Å². The van der Waals surface area contributed by atoms with Gasteiger partial charge in [-0.2, -0.15) is 60.7 Å². The maximum Gasteiger partial charge on any atom is 0.297 e. The second-order valence-electron chi connectivity index (χ2n) is 20.5. The van der Waals surface area contributed by atoms with Gasteiger partial charge in [0.1, 0.15) is 63.5 Å². The summed E-state index contributed by atoms with van der Waals surface area (Å²) in [6, 6.07) is 11.2. The SMILES string of the molecule is Nc1c(N=Nc2ccc3c(O)c(N=Nc4cc(S(=O)(=O)O)c5cc([N+](=O)[O-])cc(SOOO)c5c4)c(S(=O)(=O)O)cc3c2S(=O)(=O)O)cc(S(=O)(=O)O)c2cc(SOOO)c(N=Nc3ccc4c(O)c(N=Nc5cc(SOOO)c6cc([N+](=O)[O-])cc(S(=O)(=O)O)c6c5)c(SOOO)cc4c3S(=O)(=O)O)c(O)c12. The van der Waals surface area contributed by atoms with Gasteiger partial charge in [-0.3, -0.25) is 47.5 Å². The normalized spacial score (nSPS) is 13.0. The lowest BCUT2D eigenvalue weighted by molar-refractivity contribution is -0.432. The lowest BCUT2D eigenvalue weighted by atomic mass is 10.0. The first-order valence-electron chi connectivity index (χ1n) is 26.9. The Kier molecular flexibility index (Phi) is 23.3. The lowest BCUT2D eigenvalue weighted by Crippen LogP contribution is -2.03. The van der Waals surface area contributed by atoms with Crippen molar-refractivity contribution in [2.24, 2.45) is 40.9 Å². The number of nitrogens with two attached hydrogens (primary N) is 1. The molecule has 0 amide bonds. The topological polar surface area (TPSA) is 753 Å². The molecule has 0 spiro atoms. The number of hydrogen-bond acceptors (Lipinski definition) is 44. The molecule has 15 N–H and O–H groups in total. The van der Waals surface area contributed by atoms with Gasteiger partial charge in [-0.25, -0.2) is 21.0 Å². The fourth-order valence-corrected chi connectivity index (χ4v) is 16.6. The smallest absolute Gasteiger partial charge is 0.297 e. The molecule has 10 aromatic carbocycles. The Balaban J connectivity index is 1.10. The number of nitro benzene ring substituents is 2. The summed E-state index contributed by atoms with van der Waals surface area (Å²) in [6.07, 6.45) is 0. The second kappa shape index (κ2) is 31.1. The molecule has 0 bridgehead atoms. The molecule has 58 heteroatoms. The molecular formula is C50H31N11O37S10. The van der Waals surface area contributed by atoms with Gasteiger partial charge >= 0.3 is 0 Å². The average molecular weight is 1700 g/mol. The summed E-state index contributed by atoms with van der Waals surface area (Å²) < 4.78 is 237. The van der Waals surface area contributed by atoms with Crippen LogP contribution in [0, 0.1) is 20.2 Å². The van der Waals surface area contributed by atoms with E-state index in [1.807, 2.05) is 0 Å². The van der Waals surface area contributed by atoms with E-state index in [9.17, 15) is 113 Å². The maximum absolute atomic E-state index is 13.4. The minimum absolute atomic E-state index is 0.0477. The van der Waals surface area contributed by atoms with Crippen LogP contribution in [0.25, 0.3) is 53.9 Å². The van der Waals surface area contributed by atoms with Crippen LogP contribution >= 0.6 is 48.2 Å². The highest BCUT2D eigenvalue weighted by Gasteiger charge is 2.33. The van der Waals surface area contributed by atoms with Crippen LogP contribution in [0.4, 0.5) is 62.6 Å². The average Bonchev–Trinajstić information content (AvgIpc) is 0.745. The summed E-state index contributed by atoms with van der Waals surface area (Å²) in [5, 5.41) is 133. The van der Waals surface area contributed by atoms with Gasteiger partial charge in [-0.15, -0.1) is 48.0 Å².